The number of benzene rings is 2. The largest absolute Gasteiger partial charge is 0.457 e. The second kappa shape index (κ2) is 8.11. The van der Waals surface area contributed by atoms with Crippen molar-refractivity contribution in [2.24, 2.45) is 5.73 Å². The van der Waals surface area contributed by atoms with Gasteiger partial charge in [0, 0.05) is 19.1 Å². The molecular weight excluding hydrogens is 288 g/mol. The van der Waals surface area contributed by atoms with Crippen LogP contribution in [0.5, 0.6) is 11.5 Å². The molecule has 0 radical (unpaired) electrons. The van der Waals surface area contributed by atoms with E-state index in [1.54, 1.807) is 0 Å². The van der Waals surface area contributed by atoms with Crippen LogP contribution < -0.4 is 10.5 Å². The molecule has 0 saturated heterocycles. The van der Waals surface area contributed by atoms with E-state index in [0.29, 0.717) is 13.1 Å². The van der Waals surface area contributed by atoms with E-state index < -0.39 is 0 Å². The number of aliphatic hydroxyl groups excluding tert-OH is 1. The van der Waals surface area contributed by atoms with Gasteiger partial charge >= 0.3 is 0 Å². The van der Waals surface area contributed by atoms with Crippen LogP contribution in [0.4, 0.5) is 0 Å². The summed E-state index contributed by atoms with van der Waals surface area (Å²) in [7, 11) is 1.97. The molecular formula is C19H26N2O2. The predicted molar refractivity (Wildman–Crippen MR) is 93.9 cm³/mol. The van der Waals surface area contributed by atoms with Gasteiger partial charge in [-0.25, -0.2) is 0 Å². The summed E-state index contributed by atoms with van der Waals surface area (Å²) in [5.41, 5.74) is 9.37. The third-order valence-corrected chi connectivity index (χ3v) is 4.26. The van der Waals surface area contributed by atoms with Gasteiger partial charge in [-0.15, -0.1) is 0 Å². The Hall–Kier alpha value is -1.88. The molecule has 0 aliphatic rings. The van der Waals surface area contributed by atoms with E-state index in [2.05, 4.69) is 24.8 Å². The third-order valence-electron chi connectivity index (χ3n) is 4.26. The number of likely N-dealkylation sites (N-methyl/N-ethyl adjacent to an activating group) is 1. The normalized spacial score (nSPS) is 12.4. The van der Waals surface area contributed by atoms with Crippen LogP contribution in [0.1, 0.15) is 22.7 Å². The van der Waals surface area contributed by atoms with Gasteiger partial charge in [0.1, 0.15) is 11.5 Å². The maximum atomic E-state index is 9.08. The van der Waals surface area contributed by atoms with Crippen molar-refractivity contribution in [3.8, 4) is 11.5 Å². The smallest absolute Gasteiger partial charge is 0.130 e. The SMILES string of the molecule is Cc1cccc(Oc2ccc(C(CN)N(C)CCO)cc2)c1C. The number of nitrogens with two attached hydrogens (primary N) is 1. The molecule has 0 fully saturated rings. The minimum Gasteiger partial charge on any atom is -0.457 e. The van der Waals surface area contributed by atoms with Crippen LogP contribution in [0.2, 0.25) is 0 Å². The average Bonchev–Trinajstić information content (AvgIpc) is 2.54. The highest BCUT2D eigenvalue weighted by Gasteiger charge is 2.15. The first-order chi connectivity index (χ1) is 11.1. The summed E-state index contributed by atoms with van der Waals surface area (Å²) in [6, 6.07) is 14.1. The number of aliphatic hydroxyl groups is 1. The number of rotatable bonds is 7. The maximum Gasteiger partial charge on any atom is 0.130 e. The number of aryl methyl sites for hydroxylation is 1. The van der Waals surface area contributed by atoms with Crippen molar-refractivity contribution in [2.75, 3.05) is 26.7 Å². The zero-order chi connectivity index (χ0) is 16.8. The fourth-order valence-electron chi connectivity index (χ4n) is 2.60. The van der Waals surface area contributed by atoms with Gasteiger partial charge in [0.05, 0.1) is 6.61 Å². The van der Waals surface area contributed by atoms with Crippen molar-refractivity contribution in [3.05, 3.63) is 59.2 Å². The molecule has 0 aliphatic heterocycles. The number of hydrogen-bond donors (Lipinski definition) is 2. The van der Waals surface area contributed by atoms with E-state index in [9.17, 15) is 0 Å². The summed E-state index contributed by atoms with van der Waals surface area (Å²) in [6.07, 6.45) is 0. The second-order valence-corrected chi connectivity index (χ2v) is 5.82. The van der Waals surface area contributed by atoms with Crippen LogP contribution in [0.25, 0.3) is 0 Å². The number of hydrogen-bond acceptors (Lipinski definition) is 4. The van der Waals surface area contributed by atoms with Gasteiger partial charge in [0.25, 0.3) is 0 Å². The minimum atomic E-state index is 0.0944. The molecule has 0 amide bonds. The Balaban J connectivity index is 2.14. The average molecular weight is 314 g/mol. The molecule has 124 valence electrons. The van der Waals surface area contributed by atoms with Gasteiger partial charge in [0.2, 0.25) is 0 Å². The molecule has 4 heteroatoms. The van der Waals surface area contributed by atoms with E-state index in [4.69, 9.17) is 15.6 Å². The van der Waals surface area contributed by atoms with Crippen LogP contribution in [-0.4, -0.2) is 36.8 Å². The summed E-state index contributed by atoms with van der Waals surface area (Å²) < 4.78 is 5.98. The van der Waals surface area contributed by atoms with E-state index in [1.165, 1.54) is 5.56 Å². The van der Waals surface area contributed by atoms with E-state index >= 15 is 0 Å². The minimum absolute atomic E-state index is 0.0944. The lowest BCUT2D eigenvalue weighted by Gasteiger charge is -2.26. The number of nitrogens with zero attached hydrogens (tertiary/aromatic N) is 1. The Morgan fingerprint density at radius 3 is 2.43 bits per heavy atom. The molecule has 4 nitrogen and oxygen atoms in total. The highest BCUT2D eigenvalue weighted by atomic mass is 16.5. The van der Waals surface area contributed by atoms with Crippen molar-refractivity contribution in [3.63, 3.8) is 0 Å². The van der Waals surface area contributed by atoms with Crippen LogP contribution in [0.15, 0.2) is 42.5 Å². The molecule has 0 bridgehead atoms. The molecule has 2 rings (SSSR count). The summed E-state index contributed by atoms with van der Waals surface area (Å²) in [5, 5.41) is 9.08. The fourth-order valence-corrected chi connectivity index (χ4v) is 2.60. The lowest BCUT2D eigenvalue weighted by molar-refractivity contribution is 0.183. The van der Waals surface area contributed by atoms with Crippen LogP contribution in [0, 0.1) is 13.8 Å². The first-order valence-corrected chi connectivity index (χ1v) is 7.92. The quantitative estimate of drug-likeness (QED) is 0.825. The summed E-state index contributed by atoms with van der Waals surface area (Å²) >= 11 is 0. The van der Waals surface area contributed by atoms with E-state index in [1.807, 2.05) is 43.4 Å². The van der Waals surface area contributed by atoms with Crippen molar-refractivity contribution >= 4 is 0 Å². The Kier molecular flexibility index (Phi) is 6.16. The van der Waals surface area contributed by atoms with Crippen molar-refractivity contribution in [1.29, 1.82) is 0 Å². The van der Waals surface area contributed by atoms with Gasteiger partial charge in [-0.1, -0.05) is 24.3 Å². The zero-order valence-corrected chi connectivity index (χ0v) is 14.1. The topological polar surface area (TPSA) is 58.7 Å². The number of ether oxygens (including phenoxy) is 1. The summed E-state index contributed by atoms with van der Waals surface area (Å²) in [5.74, 6) is 1.69. The van der Waals surface area contributed by atoms with Crippen molar-refractivity contribution < 1.29 is 9.84 Å². The molecule has 0 aromatic heterocycles. The van der Waals surface area contributed by atoms with Crippen LogP contribution in [-0.2, 0) is 0 Å². The lowest BCUT2D eigenvalue weighted by atomic mass is 10.1. The van der Waals surface area contributed by atoms with Gasteiger partial charge in [-0.2, -0.15) is 0 Å². The molecule has 2 aromatic carbocycles. The molecule has 0 aliphatic carbocycles. The van der Waals surface area contributed by atoms with Crippen LogP contribution >= 0.6 is 0 Å². The third kappa shape index (κ3) is 4.32. The molecule has 2 aromatic rings. The highest BCUT2D eigenvalue weighted by molar-refractivity contribution is 5.42. The molecule has 0 heterocycles. The Labute approximate surface area is 138 Å². The Morgan fingerprint density at radius 2 is 1.83 bits per heavy atom. The maximum absolute atomic E-state index is 9.08. The van der Waals surface area contributed by atoms with Gasteiger partial charge in [0.15, 0.2) is 0 Å². The molecule has 23 heavy (non-hydrogen) atoms. The molecule has 0 spiro atoms. The Morgan fingerprint density at radius 1 is 1.13 bits per heavy atom. The predicted octanol–water partition coefficient (Wildman–Crippen LogP) is 3.02. The zero-order valence-electron chi connectivity index (χ0n) is 14.1. The second-order valence-electron chi connectivity index (χ2n) is 5.82. The Bertz CT molecular complexity index is 626. The molecule has 0 saturated carbocycles. The highest BCUT2D eigenvalue weighted by Crippen LogP contribution is 2.28. The summed E-state index contributed by atoms with van der Waals surface area (Å²) in [4.78, 5) is 2.06. The summed E-state index contributed by atoms with van der Waals surface area (Å²) in [6.45, 7) is 5.37. The van der Waals surface area contributed by atoms with E-state index in [0.717, 1.165) is 22.6 Å². The lowest BCUT2D eigenvalue weighted by Crippen LogP contribution is -2.32. The van der Waals surface area contributed by atoms with Crippen molar-refractivity contribution in [2.45, 2.75) is 19.9 Å². The standard InChI is InChI=1S/C19H26N2O2/c1-14-5-4-6-19(15(14)2)23-17-9-7-16(8-10-17)18(13-20)21(3)11-12-22/h4-10,18,22H,11-13,20H2,1-3H3. The van der Waals surface area contributed by atoms with Gasteiger partial charge < -0.3 is 15.6 Å². The monoisotopic (exact) mass is 314 g/mol. The van der Waals surface area contributed by atoms with Crippen LogP contribution in [0.3, 0.4) is 0 Å². The first kappa shape index (κ1) is 17.5. The molecule has 3 N–H and O–H groups in total. The molecule has 1 unspecified atom stereocenters. The van der Waals surface area contributed by atoms with Gasteiger partial charge in [-0.05, 0) is 55.8 Å². The van der Waals surface area contributed by atoms with Crippen molar-refractivity contribution in [1.82, 2.24) is 4.90 Å². The van der Waals surface area contributed by atoms with Gasteiger partial charge in [-0.3, -0.25) is 4.90 Å². The fraction of sp³-hybridized carbons (Fsp3) is 0.368. The first-order valence-electron chi connectivity index (χ1n) is 7.92. The molecule has 1 atom stereocenters. The van der Waals surface area contributed by atoms with E-state index in [-0.39, 0.29) is 12.6 Å².